The predicted octanol–water partition coefficient (Wildman–Crippen LogP) is 2.27. The van der Waals surface area contributed by atoms with Crippen LogP contribution in [0.15, 0.2) is 0 Å². The van der Waals surface area contributed by atoms with Crippen LogP contribution in [0.25, 0.3) is 0 Å². The molecule has 0 unspecified atom stereocenters. The van der Waals surface area contributed by atoms with Crippen molar-refractivity contribution in [2.75, 3.05) is 13.1 Å². The number of nitrogens with zero attached hydrogens (tertiary/aromatic N) is 1. The van der Waals surface area contributed by atoms with Crippen LogP contribution in [0.5, 0.6) is 0 Å². The maximum Gasteiger partial charge on any atom is 0.00953 e. The summed E-state index contributed by atoms with van der Waals surface area (Å²) in [6, 6.07) is 0.984. The Balaban J connectivity index is 1.82. The van der Waals surface area contributed by atoms with Crippen LogP contribution in [-0.4, -0.2) is 24.0 Å². The number of likely N-dealkylation sites (tertiary alicyclic amines) is 1. The molecule has 1 aliphatic carbocycles. The van der Waals surface area contributed by atoms with Crippen molar-refractivity contribution in [3.63, 3.8) is 0 Å². The molecule has 1 heterocycles. The smallest absolute Gasteiger partial charge is 0.00953 e. The minimum absolute atomic E-state index is 0.962. The molecule has 0 amide bonds. The van der Waals surface area contributed by atoms with E-state index in [0.717, 1.165) is 12.0 Å². The molecule has 0 spiro atoms. The van der Waals surface area contributed by atoms with Gasteiger partial charge in [-0.3, -0.25) is 0 Å². The molecular formula is C10H19N. The Kier molecular flexibility index (Phi) is 2.17. The minimum atomic E-state index is 0.962. The lowest BCUT2D eigenvalue weighted by Crippen LogP contribution is -2.45. The number of hydrogen-bond donors (Lipinski definition) is 0. The Morgan fingerprint density at radius 1 is 1.09 bits per heavy atom. The highest BCUT2D eigenvalue weighted by atomic mass is 15.2. The van der Waals surface area contributed by atoms with E-state index in [9.17, 15) is 0 Å². The van der Waals surface area contributed by atoms with Gasteiger partial charge >= 0.3 is 0 Å². The molecule has 2 rings (SSSR count). The van der Waals surface area contributed by atoms with E-state index in [1.165, 1.54) is 45.2 Å². The molecule has 1 nitrogen and oxygen atoms in total. The summed E-state index contributed by atoms with van der Waals surface area (Å²) in [5.41, 5.74) is 0. The highest BCUT2D eigenvalue weighted by molar-refractivity contribution is 4.83. The molecule has 11 heavy (non-hydrogen) atoms. The van der Waals surface area contributed by atoms with Crippen LogP contribution >= 0.6 is 0 Å². The van der Waals surface area contributed by atoms with Crippen LogP contribution in [0.1, 0.15) is 39.0 Å². The third-order valence-electron chi connectivity index (χ3n) is 3.28. The third-order valence-corrected chi connectivity index (χ3v) is 3.28. The van der Waals surface area contributed by atoms with E-state index in [0.29, 0.717) is 0 Å². The van der Waals surface area contributed by atoms with Gasteiger partial charge in [-0.05, 0) is 38.1 Å². The lowest BCUT2D eigenvalue weighted by molar-refractivity contribution is 0.0817. The Morgan fingerprint density at radius 2 is 1.91 bits per heavy atom. The van der Waals surface area contributed by atoms with Gasteiger partial charge in [-0.25, -0.2) is 0 Å². The van der Waals surface area contributed by atoms with E-state index in [4.69, 9.17) is 0 Å². The molecule has 1 saturated heterocycles. The zero-order valence-electron chi connectivity index (χ0n) is 7.55. The Hall–Kier alpha value is -0.0400. The summed E-state index contributed by atoms with van der Waals surface area (Å²) < 4.78 is 0. The predicted molar refractivity (Wildman–Crippen MR) is 47.6 cm³/mol. The maximum absolute atomic E-state index is 2.72. The third kappa shape index (κ3) is 1.58. The average Bonchev–Trinajstić information content (AvgIpc) is 1.83. The van der Waals surface area contributed by atoms with Gasteiger partial charge in [0.15, 0.2) is 0 Å². The summed E-state index contributed by atoms with van der Waals surface area (Å²) in [7, 11) is 0. The van der Waals surface area contributed by atoms with Crippen LogP contribution < -0.4 is 0 Å². The SMILES string of the molecule is C[C@@H]1CCCN(C2CCC2)C1. The van der Waals surface area contributed by atoms with Gasteiger partial charge in [-0.2, -0.15) is 0 Å². The first-order chi connectivity index (χ1) is 5.36. The zero-order chi connectivity index (χ0) is 7.68. The van der Waals surface area contributed by atoms with Gasteiger partial charge in [0.25, 0.3) is 0 Å². The topological polar surface area (TPSA) is 3.24 Å². The first kappa shape index (κ1) is 7.60. The molecule has 1 atom stereocenters. The summed E-state index contributed by atoms with van der Waals surface area (Å²) in [6.45, 7) is 5.16. The second-order valence-corrected chi connectivity index (χ2v) is 4.33. The molecule has 0 aromatic heterocycles. The monoisotopic (exact) mass is 153 g/mol. The number of piperidine rings is 1. The first-order valence-electron chi connectivity index (χ1n) is 5.10. The molecule has 0 aromatic rings. The lowest BCUT2D eigenvalue weighted by Gasteiger charge is -2.41. The lowest BCUT2D eigenvalue weighted by atomic mass is 9.88. The molecule has 0 bridgehead atoms. The summed E-state index contributed by atoms with van der Waals surface area (Å²) >= 11 is 0. The molecule has 0 aromatic carbocycles. The van der Waals surface area contributed by atoms with Crippen molar-refractivity contribution in [2.45, 2.75) is 45.1 Å². The molecule has 1 heteroatoms. The van der Waals surface area contributed by atoms with E-state index in [1.807, 2.05) is 0 Å². The maximum atomic E-state index is 2.72. The van der Waals surface area contributed by atoms with E-state index in [2.05, 4.69) is 11.8 Å². The zero-order valence-corrected chi connectivity index (χ0v) is 7.55. The Bertz CT molecular complexity index is 129. The average molecular weight is 153 g/mol. The fourth-order valence-electron chi connectivity index (χ4n) is 2.31. The van der Waals surface area contributed by atoms with Crippen molar-refractivity contribution in [1.82, 2.24) is 4.90 Å². The molecule has 1 saturated carbocycles. The highest BCUT2D eigenvalue weighted by Gasteiger charge is 2.27. The van der Waals surface area contributed by atoms with Crippen LogP contribution in [0, 0.1) is 5.92 Å². The Labute approximate surface area is 69.8 Å². The molecule has 2 aliphatic rings. The van der Waals surface area contributed by atoms with Crippen molar-refractivity contribution in [3.8, 4) is 0 Å². The van der Waals surface area contributed by atoms with Crippen molar-refractivity contribution in [1.29, 1.82) is 0 Å². The normalized spacial score (nSPS) is 35.2. The van der Waals surface area contributed by atoms with Crippen LogP contribution in [0.2, 0.25) is 0 Å². The highest BCUT2D eigenvalue weighted by Crippen LogP contribution is 2.28. The van der Waals surface area contributed by atoms with Gasteiger partial charge in [-0.15, -0.1) is 0 Å². The van der Waals surface area contributed by atoms with Crippen molar-refractivity contribution >= 4 is 0 Å². The van der Waals surface area contributed by atoms with Gasteiger partial charge in [0.1, 0.15) is 0 Å². The van der Waals surface area contributed by atoms with Gasteiger partial charge in [0.2, 0.25) is 0 Å². The van der Waals surface area contributed by atoms with Crippen LogP contribution in [-0.2, 0) is 0 Å². The standard InChI is InChI=1S/C10H19N/c1-9-4-3-7-11(8-9)10-5-2-6-10/h9-10H,2-8H2,1H3/t9-/m1/s1. The minimum Gasteiger partial charge on any atom is -0.300 e. The molecule has 1 aliphatic heterocycles. The van der Waals surface area contributed by atoms with Crippen LogP contribution in [0.3, 0.4) is 0 Å². The van der Waals surface area contributed by atoms with Gasteiger partial charge in [0.05, 0.1) is 0 Å². The molecular weight excluding hydrogens is 134 g/mol. The quantitative estimate of drug-likeness (QED) is 0.558. The summed E-state index contributed by atoms with van der Waals surface area (Å²) in [4.78, 5) is 2.72. The summed E-state index contributed by atoms with van der Waals surface area (Å²) in [5.74, 6) is 0.962. The number of hydrogen-bond acceptors (Lipinski definition) is 1. The molecule has 0 radical (unpaired) electrons. The van der Waals surface area contributed by atoms with Crippen molar-refractivity contribution in [3.05, 3.63) is 0 Å². The summed E-state index contributed by atoms with van der Waals surface area (Å²) in [5, 5.41) is 0. The van der Waals surface area contributed by atoms with Gasteiger partial charge in [0, 0.05) is 12.6 Å². The van der Waals surface area contributed by atoms with E-state index in [1.54, 1.807) is 0 Å². The second kappa shape index (κ2) is 3.14. The summed E-state index contributed by atoms with van der Waals surface area (Å²) in [6.07, 6.45) is 7.34. The fraction of sp³-hybridized carbons (Fsp3) is 1.00. The Morgan fingerprint density at radius 3 is 2.45 bits per heavy atom. The largest absolute Gasteiger partial charge is 0.300 e. The van der Waals surface area contributed by atoms with E-state index in [-0.39, 0.29) is 0 Å². The first-order valence-corrected chi connectivity index (χ1v) is 5.10. The van der Waals surface area contributed by atoms with E-state index >= 15 is 0 Å². The van der Waals surface area contributed by atoms with E-state index < -0.39 is 0 Å². The second-order valence-electron chi connectivity index (χ2n) is 4.33. The fourth-order valence-corrected chi connectivity index (χ4v) is 2.31. The number of rotatable bonds is 1. The van der Waals surface area contributed by atoms with Crippen molar-refractivity contribution in [2.24, 2.45) is 5.92 Å². The van der Waals surface area contributed by atoms with Crippen LogP contribution in [0.4, 0.5) is 0 Å². The van der Waals surface area contributed by atoms with Gasteiger partial charge < -0.3 is 4.90 Å². The van der Waals surface area contributed by atoms with Gasteiger partial charge in [-0.1, -0.05) is 13.3 Å². The molecule has 0 N–H and O–H groups in total. The molecule has 64 valence electrons. The molecule has 2 fully saturated rings. The van der Waals surface area contributed by atoms with Crippen molar-refractivity contribution < 1.29 is 0 Å².